The number of aromatic nitrogens is 2. The van der Waals surface area contributed by atoms with E-state index in [0.29, 0.717) is 24.9 Å². The number of halogens is 3. The molecule has 2 atom stereocenters. The molecule has 0 spiro atoms. The van der Waals surface area contributed by atoms with Crippen LogP contribution in [0.25, 0.3) is 11.4 Å². The van der Waals surface area contributed by atoms with E-state index in [4.69, 9.17) is 5.11 Å². The Morgan fingerprint density at radius 3 is 2.72 bits per heavy atom. The van der Waals surface area contributed by atoms with Crippen molar-refractivity contribution in [2.24, 2.45) is 0 Å². The molecule has 2 N–H and O–H groups in total. The lowest BCUT2D eigenvalue weighted by molar-refractivity contribution is -0.159. The summed E-state index contributed by atoms with van der Waals surface area (Å²) in [6, 6.07) is 4.00. The van der Waals surface area contributed by atoms with Gasteiger partial charge in [-0.3, -0.25) is 4.79 Å². The highest BCUT2D eigenvalue weighted by molar-refractivity contribution is 5.99. The SMILES string of the molecule is O=C(O)N[C@@H]1CCCC[C@@H]1N1Cc2ccc(-c3noc(C(F)(F)F)n3)cc2C1=O. The van der Waals surface area contributed by atoms with Crippen molar-refractivity contribution in [2.75, 3.05) is 0 Å². The number of hydrogen-bond acceptors (Lipinski definition) is 5. The van der Waals surface area contributed by atoms with E-state index in [-0.39, 0.29) is 29.4 Å². The van der Waals surface area contributed by atoms with Gasteiger partial charge < -0.3 is 19.8 Å². The van der Waals surface area contributed by atoms with Gasteiger partial charge >= 0.3 is 18.2 Å². The highest BCUT2D eigenvalue weighted by atomic mass is 19.4. The number of fused-ring (bicyclic) bond motifs is 1. The van der Waals surface area contributed by atoms with Gasteiger partial charge in [0, 0.05) is 17.7 Å². The van der Waals surface area contributed by atoms with E-state index < -0.39 is 18.2 Å². The van der Waals surface area contributed by atoms with Gasteiger partial charge in [-0.15, -0.1) is 0 Å². The van der Waals surface area contributed by atoms with Gasteiger partial charge in [0.15, 0.2) is 0 Å². The molecule has 1 aliphatic carbocycles. The number of rotatable bonds is 3. The average Bonchev–Trinajstić information content (AvgIpc) is 3.27. The van der Waals surface area contributed by atoms with Crippen molar-refractivity contribution in [3.63, 3.8) is 0 Å². The molecule has 154 valence electrons. The van der Waals surface area contributed by atoms with Crippen LogP contribution in [0.5, 0.6) is 0 Å². The molecule has 1 fully saturated rings. The molecule has 4 rings (SSSR count). The third-order valence-corrected chi connectivity index (χ3v) is 5.31. The number of carbonyl (C=O) groups is 2. The number of nitrogens with one attached hydrogen (secondary N) is 1. The first-order valence-corrected chi connectivity index (χ1v) is 9.08. The molecular weight excluding hydrogens is 393 g/mol. The summed E-state index contributed by atoms with van der Waals surface area (Å²) < 4.78 is 42.3. The topological polar surface area (TPSA) is 109 Å². The Balaban J connectivity index is 1.59. The van der Waals surface area contributed by atoms with E-state index >= 15 is 0 Å². The van der Waals surface area contributed by atoms with E-state index in [2.05, 4.69) is 20.0 Å². The maximum Gasteiger partial charge on any atom is 0.471 e. The fourth-order valence-corrected chi connectivity index (χ4v) is 4.00. The number of amides is 2. The predicted octanol–water partition coefficient (Wildman–Crippen LogP) is 3.29. The van der Waals surface area contributed by atoms with E-state index in [0.717, 1.165) is 18.4 Å². The zero-order chi connectivity index (χ0) is 20.8. The first-order valence-electron chi connectivity index (χ1n) is 9.08. The van der Waals surface area contributed by atoms with Gasteiger partial charge in [0.25, 0.3) is 5.91 Å². The van der Waals surface area contributed by atoms with Crippen LogP contribution >= 0.6 is 0 Å². The fourth-order valence-electron chi connectivity index (χ4n) is 4.00. The normalized spacial score (nSPS) is 21.9. The Bertz CT molecular complexity index is 959. The smallest absolute Gasteiger partial charge is 0.465 e. The number of carbonyl (C=O) groups excluding carboxylic acids is 1. The van der Waals surface area contributed by atoms with Crippen LogP contribution in [0.2, 0.25) is 0 Å². The quantitative estimate of drug-likeness (QED) is 0.804. The second-order valence-electron chi connectivity index (χ2n) is 7.13. The third-order valence-electron chi connectivity index (χ3n) is 5.31. The average molecular weight is 410 g/mol. The Hall–Kier alpha value is -3.11. The monoisotopic (exact) mass is 410 g/mol. The Kier molecular flexibility index (Phi) is 4.67. The molecule has 1 aliphatic heterocycles. The van der Waals surface area contributed by atoms with Crippen molar-refractivity contribution in [1.29, 1.82) is 0 Å². The van der Waals surface area contributed by atoms with Crippen LogP contribution in [0.4, 0.5) is 18.0 Å². The van der Waals surface area contributed by atoms with Crippen LogP contribution in [0.3, 0.4) is 0 Å². The van der Waals surface area contributed by atoms with Crippen molar-refractivity contribution >= 4 is 12.0 Å². The number of hydrogen-bond donors (Lipinski definition) is 2. The molecule has 0 saturated heterocycles. The van der Waals surface area contributed by atoms with Crippen molar-refractivity contribution in [1.82, 2.24) is 20.4 Å². The van der Waals surface area contributed by atoms with Crippen LogP contribution in [-0.2, 0) is 12.7 Å². The first kappa shape index (κ1) is 19.2. The molecule has 2 aliphatic rings. The number of nitrogens with zero attached hydrogens (tertiary/aromatic N) is 3. The van der Waals surface area contributed by atoms with E-state index in [1.807, 2.05) is 0 Å². The van der Waals surface area contributed by atoms with Crippen LogP contribution in [-0.4, -0.2) is 44.2 Å². The van der Waals surface area contributed by atoms with Gasteiger partial charge in [0.05, 0.1) is 12.1 Å². The minimum atomic E-state index is -4.75. The fraction of sp³-hybridized carbons (Fsp3) is 0.444. The summed E-state index contributed by atoms with van der Waals surface area (Å²) in [4.78, 5) is 29.0. The molecule has 2 amide bonds. The predicted molar refractivity (Wildman–Crippen MR) is 91.8 cm³/mol. The van der Waals surface area contributed by atoms with E-state index in [1.165, 1.54) is 12.1 Å². The summed E-state index contributed by atoms with van der Waals surface area (Å²) in [6.45, 7) is 0.316. The molecule has 29 heavy (non-hydrogen) atoms. The zero-order valence-corrected chi connectivity index (χ0v) is 15.1. The Labute approximate surface area is 162 Å². The molecule has 0 unspecified atom stereocenters. The Morgan fingerprint density at radius 2 is 2.03 bits per heavy atom. The van der Waals surface area contributed by atoms with Gasteiger partial charge in [-0.25, -0.2) is 4.79 Å². The Morgan fingerprint density at radius 1 is 1.28 bits per heavy atom. The summed E-state index contributed by atoms with van der Waals surface area (Å²) >= 11 is 0. The number of benzene rings is 1. The molecule has 0 radical (unpaired) electrons. The molecule has 2 heterocycles. The van der Waals surface area contributed by atoms with Crippen molar-refractivity contribution in [3.05, 3.63) is 35.2 Å². The summed E-state index contributed by atoms with van der Waals surface area (Å²) in [5.41, 5.74) is 1.31. The van der Waals surface area contributed by atoms with Gasteiger partial charge in [0.2, 0.25) is 5.82 Å². The van der Waals surface area contributed by atoms with E-state index in [9.17, 15) is 22.8 Å². The van der Waals surface area contributed by atoms with Gasteiger partial charge in [-0.2, -0.15) is 18.2 Å². The highest BCUT2D eigenvalue weighted by Gasteiger charge is 2.40. The second-order valence-corrected chi connectivity index (χ2v) is 7.13. The standard InChI is InChI=1S/C18H17F3N4O4/c19-18(20,21)16-23-14(24-29-16)9-5-6-10-8-25(15(26)11(10)7-9)13-4-2-1-3-12(13)22-17(27)28/h5-7,12-13,22H,1-4,8H2,(H,27,28)/t12-,13+/m1/s1. The van der Waals surface area contributed by atoms with Gasteiger partial charge in [-0.05, 0) is 24.5 Å². The molecule has 1 aromatic carbocycles. The van der Waals surface area contributed by atoms with Crippen LogP contribution in [0.15, 0.2) is 22.7 Å². The summed E-state index contributed by atoms with van der Waals surface area (Å²) in [6.07, 6.45) is -2.80. The second kappa shape index (κ2) is 7.05. The number of alkyl halides is 3. The van der Waals surface area contributed by atoms with Crippen molar-refractivity contribution < 1.29 is 32.4 Å². The molecular formula is C18H17F3N4O4. The van der Waals surface area contributed by atoms with Gasteiger partial charge in [0.1, 0.15) is 0 Å². The minimum Gasteiger partial charge on any atom is -0.465 e. The molecule has 1 saturated carbocycles. The third kappa shape index (κ3) is 3.64. The lowest BCUT2D eigenvalue weighted by Crippen LogP contribution is -2.53. The number of carboxylic acid groups (broad SMARTS) is 1. The van der Waals surface area contributed by atoms with Gasteiger partial charge in [-0.1, -0.05) is 30.1 Å². The van der Waals surface area contributed by atoms with Crippen molar-refractivity contribution in [3.8, 4) is 11.4 Å². The maximum absolute atomic E-state index is 13.0. The molecule has 8 nitrogen and oxygen atoms in total. The van der Waals surface area contributed by atoms with Crippen LogP contribution < -0.4 is 5.32 Å². The lowest BCUT2D eigenvalue weighted by Gasteiger charge is -2.37. The molecule has 1 aromatic heterocycles. The van der Waals surface area contributed by atoms with E-state index in [1.54, 1.807) is 11.0 Å². The summed E-state index contributed by atoms with van der Waals surface area (Å²) in [5.74, 6) is -1.99. The van der Waals surface area contributed by atoms with Crippen LogP contribution in [0, 0.1) is 0 Å². The summed E-state index contributed by atoms with van der Waals surface area (Å²) in [5, 5.41) is 14.9. The largest absolute Gasteiger partial charge is 0.471 e. The zero-order valence-electron chi connectivity index (χ0n) is 15.1. The minimum absolute atomic E-state index is 0.238. The lowest BCUT2D eigenvalue weighted by atomic mass is 9.89. The molecule has 2 aromatic rings. The first-order chi connectivity index (χ1) is 13.7. The highest BCUT2D eigenvalue weighted by Crippen LogP contribution is 2.34. The maximum atomic E-state index is 13.0. The van der Waals surface area contributed by atoms with Crippen molar-refractivity contribution in [2.45, 2.75) is 50.5 Å². The van der Waals surface area contributed by atoms with Crippen LogP contribution in [0.1, 0.15) is 47.5 Å². The molecule has 11 heteroatoms. The molecule has 0 bridgehead atoms. The summed E-state index contributed by atoms with van der Waals surface area (Å²) in [7, 11) is 0.